The van der Waals surface area contributed by atoms with Crippen molar-refractivity contribution in [1.29, 1.82) is 0 Å². The Morgan fingerprint density at radius 3 is 2.58 bits per heavy atom. The molecule has 0 aromatic heterocycles. The number of carbonyl (C=O) groups is 2. The van der Waals surface area contributed by atoms with E-state index in [2.05, 4.69) is 22.8 Å². The van der Waals surface area contributed by atoms with Gasteiger partial charge in [-0.1, -0.05) is 30.3 Å². The zero-order valence-electron chi connectivity index (χ0n) is 11.1. The van der Waals surface area contributed by atoms with Gasteiger partial charge in [-0.15, -0.1) is 0 Å². The van der Waals surface area contributed by atoms with Crippen LogP contribution in [0.25, 0.3) is 0 Å². The van der Waals surface area contributed by atoms with Crippen molar-refractivity contribution in [2.24, 2.45) is 0 Å². The maximum Gasteiger partial charge on any atom is 0.315 e. The van der Waals surface area contributed by atoms with Gasteiger partial charge in [-0.25, -0.2) is 4.79 Å². The van der Waals surface area contributed by atoms with E-state index in [0.717, 1.165) is 12.8 Å². The number of hydrogen-bond acceptors (Lipinski definition) is 2. The molecule has 3 N–H and O–H groups in total. The lowest BCUT2D eigenvalue weighted by Gasteiger charge is -2.12. The third-order valence-corrected chi connectivity index (χ3v) is 2.63. The minimum atomic E-state index is -0.920. The first-order chi connectivity index (χ1) is 9.08. The van der Waals surface area contributed by atoms with Crippen LogP contribution in [0, 0.1) is 0 Å². The number of benzene rings is 1. The highest BCUT2D eigenvalue weighted by atomic mass is 16.4. The second-order valence-electron chi connectivity index (χ2n) is 4.49. The SMILES string of the molecule is CC(CC(=O)O)NC(=O)NCCCc1ccccc1. The van der Waals surface area contributed by atoms with Gasteiger partial charge in [0.1, 0.15) is 0 Å². The fourth-order valence-electron chi connectivity index (χ4n) is 1.73. The minimum Gasteiger partial charge on any atom is -0.481 e. The zero-order chi connectivity index (χ0) is 14.1. The summed E-state index contributed by atoms with van der Waals surface area (Å²) in [5.41, 5.74) is 1.24. The summed E-state index contributed by atoms with van der Waals surface area (Å²) in [5, 5.41) is 13.9. The Labute approximate surface area is 113 Å². The highest BCUT2D eigenvalue weighted by molar-refractivity contribution is 5.75. The number of carboxylic acids is 1. The van der Waals surface area contributed by atoms with Crippen molar-refractivity contribution >= 4 is 12.0 Å². The van der Waals surface area contributed by atoms with Crippen LogP contribution in [0.15, 0.2) is 30.3 Å². The summed E-state index contributed by atoms with van der Waals surface area (Å²) in [4.78, 5) is 21.9. The van der Waals surface area contributed by atoms with E-state index in [9.17, 15) is 9.59 Å². The van der Waals surface area contributed by atoms with Crippen LogP contribution < -0.4 is 10.6 Å². The van der Waals surface area contributed by atoms with Crippen molar-refractivity contribution in [2.45, 2.75) is 32.2 Å². The highest BCUT2D eigenvalue weighted by Gasteiger charge is 2.09. The first kappa shape index (κ1) is 15.0. The quantitative estimate of drug-likeness (QED) is 0.657. The molecule has 0 saturated carbocycles. The molecule has 1 rings (SSSR count). The number of aryl methyl sites for hydroxylation is 1. The van der Waals surface area contributed by atoms with Crippen molar-refractivity contribution in [3.63, 3.8) is 0 Å². The normalized spacial score (nSPS) is 11.6. The van der Waals surface area contributed by atoms with Crippen LogP contribution in [0.1, 0.15) is 25.3 Å². The van der Waals surface area contributed by atoms with E-state index < -0.39 is 5.97 Å². The number of hydrogen-bond donors (Lipinski definition) is 3. The maximum absolute atomic E-state index is 11.4. The Morgan fingerprint density at radius 1 is 1.26 bits per heavy atom. The fourth-order valence-corrected chi connectivity index (χ4v) is 1.73. The lowest BCUT2D eigenvalue weighted by molar-refractivity contribution is -0.137. The zero-order valence-corrected chi connectivity index (χ0v) is 11.1. The Kier molecular flexibility index (Phi) is 6.43. The summed E-state index contributed by atoms with van der Waals surface area (Å²) in [5.74, 6) is -0.920. The molecule has 0 heterocycles. The van der Waals surface area contributed by atoms with Crippen LogP contribution in [0.2, 0.25) is 0 Å². The molecule has 0 saturated heterocycles. The van der Waals surface area contributed by atoms with Gasteiger partial charge in [0.05, 0.1) is 6.42 Å². The summed E-state index contributed by atoms with van der Waals surface area (Å²) >= 11 is 0. The number of nitrogens with one attached hydrogen (secondary N) is 2. The molecule has 0 bridgehead atoms. The molecule has 2 amide bonds. The standard InChI is InChI=1S/C14H20N2O3/c1-11(10-13(17)18)16-14(19)15-9-5-8-12-6-3-2-4-7-12/h2-4,6-7,11H,5,8-10H2,1H3,(H,17,18)(H2,15,16,19). The van der Waals surface area contributed by atoms with Gasteiger partial charge in [-0.05, 0) is 25.3 Å². The Morgan fingerprint density at radius 2 is 1.95 bits per heavy atom. The van der Waals surface area contributed by atoms with Gasteiger partial charge >= 0.3 is 12.0 Å². The summed E-state index contributed by atoms with van der Waals surface area (Å²) in [6, 6.07) is 9.36. The molecule has 0 fully saturated rings. The lowest BCUT2D eigenvalue weighted by Crippen LogP contribution is -2.42. The van der Waals surface area contributed by atoms with E-state index in [1.807, 2.05) is 18.2 Å². The van der Waals surface area contributed by atoms with Gasteiger partial charge in [0.2, 0.25) is 0 Å². The summed E-state index contributed by atoms with van der Waals surface area (Å²) < 4.78 is 0. The second-order valence-corrected chi connectivity index (χ2v) is 4.49. The number of aliphatic carboxylic acids is 1. The Hall–Kier alpha value is -2.04. The first-order valence-corrected chi connectivity index (χ1v) is 6.38. The number of rotatable bonds is 7. The van der Waals surface area contributed by atoms with Gasteiger partial charge in [0.15, 0.2) is 0 Å². The van der Waals surface area contributed by atoms with Gasteiger partial charge < -0.3 is 15.7 Å². The van der Waals surface area contributed by atoms with Gasteiger partial charge in [-0.3, -0.25) is 4.79 Å². The first-order valence-electron chi connectivity index (χ1n) is 6.38. The molecular formula is C14H20N2O3. The molecule has 5 heteroatoms. The smallest absolute Gasteiger partial charge is 0.315 e. The summed E-state index contributed by atoms with van der Waals surface area (Å²) in [7, 11) is 0. The van der Waals surface area contributed by atoms with E-state index in [4.69, 9.17) is 5.11 Å². The molecule has 5 nitrogen and oxygen atoms in total. The molecule has 0 aliphatic heterocycles. The number of urea groups is 1. The van der Waals surface area contributed by atoms with Gasteiger partial charge in [-0.2, -0.15) is 0 Å². The average Bonchev–Trinajstić information content (AvgIpc) is 2.35. The van der Waals surface area contributed by atoms with E-state index in [-0.39, 0.29) is 18.5 Å². The number of amides is 2. The van der Waals surface area contributed by atoms with Crippen molar-refractivity contribution in [3.8, 4) is 0 Å². The van der Waals surface area contributed by atoms with E-state index in [1.54, 1.807) is 6.92 Å². The molecule has 1 atom stereocenters. The number of carbonyl (C=O) groups excluding carboxylic acids is 1. The number of carboxylic acid groups (broad SMARTS) is 1. The fraction of sp³-hybridized carbons (Fsp3) is 0.429. The van der Waals surface area contributed by atoms with Gasteiger partial charge in [0, 0.05) is 12.6 Å². The molecule has 1 aromatic carbocycles. The van der Waals surface area contributed by atoms with Gasteiger partial charge in [0.25, 0.3) is 0 Å². The van der Waals surface area contributed by atoms with Crippen LogP contribution in [0.5, 0.6) is 0 Å². The third kappa shape index (κ3) is 7.08. The van der Waals surface area contributed by atoms with E-state index in [1.165, 1.54) is 5.56 Å². The molecule has 19 heavy (non-hydrogen) atoms. The lowest BCUT2D eigenvalue weighted by atomic mass is 10.1. The topological polar surface area (TPSA) is 78.4 Å². The second kappa shape index (κ2) is 8.13. The molecule has 1 unspecified atom stereocenters. The molecular weight excluding hydrogens is 244 g/mol. The molecule has 1 aromatic rings. The van der Waals surface area contributed by atoms with Crippen molar-refractivity contribution in [1.82, 2.24) is 10.6 Å². The third-order valence-electron chi connectivity index (χ3n) is 2.63. The van der Waals surface area contributed by atoms with E-state index >= 15 is 0 Å². The monoisotopic (exact) mass is 264 g/mol. The average molecular weight is 264 g/mol. The van der Waals surface area contributed by atoms with Crippen molar-refractivity contribution in [3.05, 3.63) is 35.9 Å². The summed E-state index contributed by atoms with van der Waals surface area (Å²) in [6.45, 7) is 2.23. The maximum atomic E-state index is 11.4. The molecule has 0 spiro atoms. The minimum absolute atomic E-state index is 0.0720. The predicted molar refractivity (Wildman–Crippen MR) is 73.0 cm³/mol. The van der Waals surface area contributed by atoms with Crippen LogP contribution in [-0.4, -0.2) is 29.7 Å². The van der Waals surface area contributed by atoms with Crippen LogP contribution in [0.3, 0.4) is 0 Å². The van der Waals surface area contributed by atoms with Crippen LogP contribution >= 0.6 is 0 Å². The van der Waals surface area contributed by atoms with Crippen LogP contribution in [0.4, 0.5) is 4.79 Å². The molecule has 0 radical (unpaired) electrons. The summed E-state index contributed by atoms with van der Waals surface area (Å²) in [6.07, 6.45) is 1.69. The largest absolute Gasteiger partial charge is 0.481 e. The predicted octanol–water partition coefficient (Wildman–Crippen LogP) is 1.78. The molecule has 0 aliphatic carbocycles. The molecule has 0 aliphatic rings. The Balaban J connectivity index is 2.12. The Bertz CT molecular complexity index is 406. The van der Waals surface area contributed by atoms with Crippen molar-refractivity contribution in [2.75, 3.05) is 6.54 Å². The van der Waals surface area contributed by atoms with E-state index in [0.29, 0.717) is 6.54 Å². The molecule has 104 valence electrons. The van der Waals surface area contributed by atoms with Crippen molar-refractivity contribution < 1.29 is 14.7 Å². The highest BCUT2D eigenvalue weighted by Crippen LogP contribution is 2.01. The van der Waals surface area contributed by atoms with Crippen LogP contribution in [-0.2, 0) is 11.2 Å².